The summed E-state index contributed by atoms with van der Waals surface area (Å²) in [5, 5.41) is 9.27. The van der Waals surface area contributed by atoms with Crippen LogP contribution in [0.15, 0.2) is 24.3 Å². The van der Waals surface area contributed by atoms with E-state index >= 15 is 0 Å². The van der Waals surface area contributed by atoms with Crippen LogP contribution in [0.25, 0.3) is 0 Å². The zero-order valence-corrected chi connectivity index (χ0v) is 18.8. The molecule has 168 valence electrons. The zero-order valence-electron chi connectivity index (χ0n) is 18.8. The van der Waals surface area contributed by atoms with Crippen LogP contribution in [0.5, 0.6) is 0 Å². The standard InChI is InChI=1S/C14H22O2.C12H18O2/c1-3-16-13(15)12-11(2)7-6-10-14(12)8-4-5-9-14;1-9-5-4-8-12(6-2-3-7-12)10(9)11(13)14/h12H,2-10H2,1H3;10H,1-8H2,(H,13,14). The normalized spacial score (nSPS) is 29.5. The van der Waals surface area contributed by atoms with Crippen molar-refractivity contribution in [3.63, 3.8) is 0 Å². The maximum atomic E-state index is 12.1. The molecule has 0 aromatic carbocycles. The predicted molar refractivity (Wildman–Crippen MR) is 119 cm³/mol. The maximum absolute atomic E-state index is 12.1. The van der Waals surface area contributed by atoms with Crippen molar-refractivity contribution >= 4 is 11.9 Å². The molecule has 4 fully saturated rings. The average Bonchev–Trinajstić information content (AvgIpc) is 3.33. The first-order valence-electron chi connectivity index (χ1n) is 12.1. The smallest absolute Gasteiger partial charge is 0.313 e. The van der Waals surface area contributed by atoms with Crippen molar-refractivity contribution < 1.29 is 19.4 Å². The minimum Gasteiger partial charge on any atom is -0.481 e. The minimum absolute atomic E-state index is 0.0105. The molecule has 30 heavy (non-hydrogen) atoms. The summed E-state index contributed by atoms with van der Waals surface area (Å²) in [6.45, 7) is 10.4. The monoisotopic (exact) mass is 416 g/mol. The Labute approximate surface area is 182 Å². The van der Waals surface area contributed by atoms with Gasteiger partial charge in [0, 0.05) is 0 Å². The Morgan fingerprint density at radius 1 is 0.833 bits per heavy atom. The molecular formula is C26H40O4. The summed E-state index contributed by atoms with van der Waals surface area (Å²) in [7, 11) is 0. The molecule has 0 aromatic rings. The highest BCUT2D eigenvalue weighted by Gasteiger charge is 2.49. The molecular weight excluding hydrogens is 376 g/mol. The van der Waals surface area contributed by atoms with Gasteiger partial charge < -0.3 is 9.84 Å². The molecule has 4 nitrogen and oxygen atoms in total. The molecule has 2 unspecified atom stereocenters. The van der Waals surface area contributed by atoms with E-state index in [1.165, 1.54) is 51.4 Å². The van der Waals surface area contributed by atoms with Gasteiger partial charge in [0.1, 0.15) is 0 Å². The Bertz CT molecular complexity index is 665. The van der Waals surface area contributed by atoms with E-state index in [0.29, 0.717) is 6.61 Å². The van der Waals surface area contributed by atoms with Crippen LogP contribution in [0.3, 0.4) is 0 Å². The van der Waals surface area contributed by atoms with Crippen molar-refractivity contribution in [3.8, 4) is 0 Å². The van der Waals surface area contributed by atoms with Crippen LogP contribution in [0.1, 0.15) is 96.8 Å². The third kappa shape index (κ3) is 4.53. The van der Waals surface area contributed by atoms with E-state index in [9.17, 15) is 14.7 Å². The Morgan fingerprint density at radius 2 is 1.23 bits per heavy atom. The van der Waals surface area contributed by atoms with E-state index in [0.717, 1.165) is 49.7 Å². The van der Waals surface area contributed by atoms with Gasteiger partial charge in [0.2, 0.25) is 0 Å². The number of esters is 1. The van der Waals surface area contributed by atoms with Gasteiger partial charge in [0.05, 0.1) is 18.4 Å². The van der Waals surface area contributed by atoms with E-state index in [4.69, 9.17) is 4.74 Å². The van der Waals surface area contributed by atoms with Crippen LogP contribution in [0.4, 0.5) is 0 Å². The highest BCUT2D eigenvalue weighted by molar-refractivity contribution is 5.77. The van der Waals surface area contributed by atoms with Crippen molar-refractivity contribution in [1.82, 2.24) is 0 Å². The van der Waals surface area contributed by atoms with Crippen molar-refractivity contribution in [2.45, 2.75) is 96.8 Å². The van der Waals surface area contributed by atoms with Gasteiger partial charge >= 0.3 is 11.9 Å². The third-order valence-corrected chi connectivity index (χ3v) is 8.35. The van der Waals surface area contributed by atoms with Crippen LogP contribution < -0.4 is 0 Å². The Hall–Kier alpha value is -1.58. The first-order valence-corrected chi connectivity index (χ1v) is 12.1. The Kier molecular flexibility index (Phi) is 7.47. The number of hydrogen-bond donors (Lipinski definition) is 1. The summed E-state index contributed by atoms with van der Waals surface area (Å²) in [6.07, 6.45) is 16.1. The van der Waals surface area contributed by atoms with Gasteiger partial charge in [0.15, 0.2) is 0 Å². The second kappa shape index (κ2) is 9.70. The summed E-state index contributed by atoms with van der Waals surface area (Å²) in [6, 6.07) is 0. The fourth-order valence-electron chi connectivity index (χ4n) is 7.09. The van der Waals surface area contributed by atoms with Gasteiger partial charge in [0.25, 0.3) is 0 Å². The second-order valence-corrected chi connectivity index (χ2v) is 10.1. The minimum atomic E-state index is -0.642. The highest BCUT2D eigenvalue weighted by atomic mass is 16.5. The van der Waals surface area contributed by atoms with E-state index < -0.39 is 5.97 Å². The first kappa shape index (κ1) is 23.1. The lowest BCUT2D eigenvalue weighted by Crippen LogP contribution is -2.39. The molecule has 0 aromatic heterocycles. The fourth-order valence-corrected chi connectivity index (χ4v) is 7.09. The largest absolute Gasteiger partial charge is 0.481 e. The number of ether oxygens (including phenoxy) is 1. The van der Waals surface area contributed by atoms with Gasteiger partial charge in [-0.25, -0.2) is 0 Å². The van der Waals surface area contributed by atoms with Gasteiger partial charge in [-0.1, -0.05) is 50.0 Å². The highest BCUT2D eigenvalue weighted by Crippen LogP contribution is 2.55. The van der Waals surface area contributed by atoms with E-state index in [2.05, 4.69) is 13.2 Å². The van der Waals surface area contributed by atoms with Crippen molar-refractivity contribution in [2.24, 2.45) is 22.7 Å². The van der Waals surface area contributed by atoms with Crippen molar-refractivity contribution in [3.05, 3.63) is 24.3 Å². The van der Waals surface area contributed by atoms with Gasteiger partial charge in [-0.3, -0.25) is 9.59 Å². The molecule has 4 aliphatic carbocycles. The summed E-state index contributed by atoms with van der Waals surface area (Å²) >= 11 is 0. The lowest BCUT2D eigenvalue weighted by atomic mass is 9.63. The SMILES string of the molecule is C=C1CCCC2(CCCC2)C1C(=O)O.C=C1CCCC2(CCCC2)C1C(=O)OCC. The number of rotatable bonds is 3. The fraction of sp³-hybridized carbons (Fsp3) is 0.769. The van der Waals surface area contributed by atoms with E-state index in [1.54, 1.807) is 0 Å². The zero-order chi connectivity index (χ0) is 21.8. The number of carboxylic acid groups (broad SMARTS) is 1. The topological polar surface area (TPSA) is 63.6 Å². The van der Waals surface area contributed by atoms with Crippen molar-refractivity contribution in [2.75, 3.05) is 6.61 Å². The summed E-state index contributed by atoms with van der Waals surface area (Å²) in [5.41, 5.74) is 2.38. The molecule has 0 heterocycles. The molecule has 0 amide bonds. The number of aliphatic carboxylic acids is 1. The summed E-state index contributed by atoms with van der Waals surface area (Å²) < 4.78 is 5.24. The lowest BCUT2D eigenvalue weighted by molar-refractivity contribution is -0.152. The number of hydrogen-bond acceptors (Lipinski definition) is 3. The maximum Gasteiger partial charge on any atom is 0.313 e. The molecule has 4 saturated carbocycles. The molecule has 4 aliphatic rings. The molecule has 1 N–H and O–H groups in total. The van der Waals surface area contributed by atoms with Gasteiger partial charge in [-0.2, -0.15) is 0 Å². The number of carboxylic acids is 1. The van der Waals surface area contributed by atoms with Crippen LogP contribution in [-0.4, -0.2) is 23.7 Å². The molecule has 0 radical (unpaired) electrons. The second-order valence-electron chi connectivity index (χ2n) is 10.1. The van der Waals surface area contributed by atoms with Crippen LogP contribution >= 0.6 is 0 Å². The molecule has 2 spiro atoms. The summed E-state index contributed by atoms with van der Waals surface area (Å²) in [4.78, 5) is 23.4. The molecule has 0 aliphatic heterocycles. The lowest BCUT2D eigenvalue weighted by Gasteiger charge is -2.41. The van der Waals surface area contributed by atoms with Crippen molar-refractivity contribution in [1.29, 1.82) is 0 Å². The number of carbonyl (C=O) groups excluding carboxylic acids is 1. The van der Waals surface area contributed by atoms with Gasteiger partial charge in [-0.15, -0.1) is 0 Å². The molecule has 2 atom stereocenters. The number of carbonyl (C=O) groups is 2. The Balaban J connectivity index is 0.000000172. The van der Waals surface area contributed by atoms with Crippen LogP contribution in [-0.2, 0) is 14.3 Å². The molecule has 4 rings (SSSR count). The average molecular weight is 417 g/mol. The predicted octanol–water partition coefficient (Wildman–Crippen LogP) is 6.45. The summed E-state index contributed by atoms with van der Waals surface area (Å²) in [5.74, 6) is -0.923. The van der Waals surface area contributed by atoms with E-state index in [-0.39, 0.29) is 28.6 Å². The molecule has 0 bridgehead atoms. The first-order chi connectivity index (χ1) is 14.4. The Morgan fingerprint density at radius 3 is 1.67 bits per heavy atom. The third-order valence-electron chi connectivity index (χ3n) is 8.35. The quantitative estimate of drug-likeness (QED) is 0.424. The molecule has 4 heteroatoms. The van der Waals surface area contributed by atoms with Gasteiger partial charge in [-0.05, 0) is 82.0 Å². The van der Waals surface area contributed by atoms with Crippen LogP contribution in [0, 0.1) is 22.7 Å². The molecule has 0 saturated heterocycles. The van der Waals surface area contributed by atoms with Crippen LogP contribution in [0.2, 0.25) is 0 Å². The van der Waals surface area contributed by atoms with E-state index in [1.807, 2.05) is 6.92 Å².